The van der Waals surface area contributed by atoms with E-state index in [0.29, 0.717) is 24.5 Å². The molecule has 2 N–H and O–H groups in total. The minimum Gasteiger partial charge on any atom is -0.494 e. The van der Waals surface area contributed by atoms with Crippen LogP contribution in [0.15, 0.2) is 29.4 Å². The average Bonchev–Trinajstić information content (AvgIpc) is 2.45. The molecule has 1 atom stereocenters. The molecular formula is C13H18N4O3. The van der Waals surface area contributed by atoms with Gasteiger partial charge in [0, 0.05) is 18.0 Å². The summed E-state index contributed by atoms with van der Waals surface area (Å²) in [4.78, 5) is 13.9. The standard InChI is InChI=1S/C13H18N4O3/c1-2-8-20-11-5-3-4-10(9-11)12(13(18)19)15-6-7-16-17-14/h3-5,9,12,15H,2,6-8H2,1H3,(H,18,19). The van der Waals surface area contributed by atoms with E-state index in [9.17, 15) is 9.90 Å². The van der Waals surface area contributed by atoms with Crippen molar-refractivity contribution in [2.75, 3.05) is 19.7 Å². The fourth-order valence-electron chi connectivity index (χ4n) is 1.66. The highest BCUT2D eigenvalue weighted by molar-refractivity contribution is 5.75. The van der Waals surface area contributed by atoms with E-state index in [1.54, 1.807) is 24.3 Å². The fraction of sp³-hybridized carbons (Fsp3) is 0.462. The van der Waals surface area contributed by atoms with Gasteiger partial charge in [0.05, 0.1) is 6.61 Å². The zero-order valence-electron chi connectivity index (χ0n) is 11.3. The number of aliphatic carboxylic acids is 1. The molecule has 0 aromatic heterocycles. The summed E-state index contributed by atoms with van der Waals surface area (Å²) in [6.07, 6.45) is 0.886. The lowest BCUT2D eigenvalue weighted by Crippen LogP contribution is -2.30. The van der Waals surface area contributed by atoms with Gasteiger partial charge in [0.2, 0.25) is 0 Å². The molecular weight excluding hydrogens is 260 g/mol. The van der Waals surface area contributed by atoms with Gasteiger partial charge in [0.25, 0.3) is 0 Å². The Morgan fingerprint density at radius 2 is 2.40 bits per heavy atom. The number of rotatable bonds is 9. The Balaban J connectivity index is 2.74. The summed E-state index contributed by atoms with van der Waals surface area (Å²) in [5.41, 5.74) is 8.78. The van der Waals surface area contributed by atoms with E-state index in [4.69, 9.17) is 10.3 Å². The topological polar surface area (TPSA) is 107 Å². The molecule has 7 heteroatoms. The number of carboxylic acids is 1. The van der Waals surface area contributed by atoms with Crippen LogP contribution < -0.4 is 10.1 Å². The Morgan fingerprint density at radius 1 is 1.60 bits per heavy atom. The minimum atomic E-state index is -0.987. The molecule has 0 aliphatic carbocycles. The molecule has 108 valence electrons. The molecule has 0 spiro atoms. The summed E-state index contributed by atoms with van der Waals surface area (Å²) in [5.74, 6) is -0.342. The van der Waals surface area contributed by atoms with Gasteiger partial charge in [-0.1, -0.05) is 24.2 Å². The summed E-state index contributed by atoms with van der Waals surface area (Å²) in [7, 11) is 0. The monoisotopic (exact) mass is 278 g/mol. The third-order valence-electron chi connectivity index (χ3n) is 2.53. The molecule has 1 aromatic rings. The molecule has 0 radical (unpaired) electrons. The van der Waals surface area contributed by atoms with Gasteiger partial charge in [0.15, 0.2) is 0 Å². The van der Waals surface area contributed by atoms with Crippen molar-refractivity contribution in [3.63, 3.8) is 0 Å². The van der Waals surface area contributed by atoms with E-state index in [0.717, 1.165) is 6.42 Å². The van der Waals surface area contributed by atoms with Crippen LogP contribution in [-0.2, 0) is 4.79 Å². The second-order valence-electron chi connectivity index (χ2n) is 4.10. The van der Waals surface area contributed by atoms with Crippen LogP contribution in [0, 0.1) is 0 Å². The summed E-state index contributed by atoms with van der Waals surface area (Å²) in [6.45, 7) is 3.08. The minimum absolute atomic E-state index is 0.201. The van der Waals surface area contributed by atoms with Crippen molar-refractivity contribution in [3.8, 4) is 5.75 Å². The fourth-order valence-corrected chi connectivity index (χ4v) is 1.66. The van der Waals surface area contributed by atoms with Crippen molar-refractivity contribution in [1.82, 2.24) is 5.32 Å². The van der Waals surface area contributed by atoms with Crippen molar-refractivity contribution >= 4 is 5.97 Å². The molecule has 1 aromatic carbocycles. The second kappa shape index (κ2) is 8.79. The average molecular weight is 278 g/mol. The van der Waals surface area contributed by atoms with Crippen LogP contribution >= 0.6 is 0 Å². The third kappa shape index (κ3) is 5.17. The summed E-state index contributed by atoms with van der Waals surface area (Å²) >= 11 is 0. The molecule has 0 heterocycles. The molecule has 0 aliphatic heterocycles. The molecule has 20 heavy (non-hydrogen) atoms. The highest BCUT2D eigenvalue weighted by Gasteiger charge is 2.19. The number of ether oxygens (including phenoxy) is 1. The van der Waals surface area contributed by atoms with E-state index < -0.39 is 12.0 Å². The van der Waals surface area contributed by atoms with E-state index >= 15 is 0 Å². The van der Waals surface area contributed by atoms with Crippen LogP contribution in [-0.4, -0.2) is 30.8 Å². The molecule has 0 aliphatic rings. The maximum absolute atomic E-state index is 11.3. The van der Waals surface area contributed by atoms with E-state index in [2.05, 4.69) is 15.3 Å². The normalized spacial score (nSPS) is 11.4. The highest BCUT2D eigenvalue weighted by atomic mass is 16.5. The van der Waals surface area contributed by atoms with Gasteiger partial charge in [-0.05, 0) is 29.6 Å². The largest absolute Gasteiger partial charge is 0.494 e. The van der Waals surface area contributed by atoms with Crippen LogP contribution in [0.4, 0.5) is 0 Å². The van der Waals surface area contributed by atoms with Gasteiger partial charge < -0.3 is 15.2 Å². The van der Waals surface area contributed by atoms with Gasteiger partial charge in [0.1, 0.15) is 11.8 Å². The van der Waals surface area contributed by atoms with Crippen LogP contribution in [0.3, 0.4) is 0 Å². The maximum atomic E-state index is 11.3. The Hall–Kier alpha value is -2.24. The van der Waals surface area contributed by atoms with E-state index in [-0.39, 0.29) is 6.54 Å². The number of hydrogen-bond acceptors (Lipinski definition) is 4. The first-order valence-corrected chi connectivity index (χ1v) is 6.38. The highest BCUT2D eigenvalue weighted by Crippen LogP contribution is 2.19. The Labute approximate surface area is 117 Å². The Bertz CT molecular complexity index is 486. The smallest absolute Gasteiger partial charge is 0.325 e. The van der Waals surface area contributed by atoms with Crippen molar-refractivity contribution in [2.45, 2.75) is 19.4 Å². The summed E-state index contributed by atoms with van der Waals surface area (Å²) in [5, 5.41) is 15.4. The number of nitrogens with zero attached hydrogens (tertiary/aromatic N) is 3. The molecule has 1 unspecified atom stereocenters. The molecule has 0 amide bonds. The third-order valence-corrected chi connectivity index (χ3v) is 2.53. The molecule has 0 saturated carbocycles. The zero-order valence-corrected chi connectivity index (χ0v) is 11.3. The lowest BCUT2D eigenvalue weighted by atomic mass is 10.1. The Kier molecular flexibility index (Phi) is 6.95. The predicted octanol–water partition coefficient (Wildman–Crippen LogP) is 2.50. The molecule has 7 nitrogen and oxygen atoms in total. The number of carbonyl (C=O) groups is 1. The number of nitrogens with one attached hydrogen (secondary N) is 1. The quantitative estimate of drug-likeness (QED) is 0.313. The van der Waals surface area contributed by atoms with Gasteiger partial charge in [-0.2, -0.15) is 0 Å². The first-order chi connectivity index (χ1) is 9.69. The molecule has 0 bridgehead atoms. The lowest BCUT2D eigenvalue weighted by molar-refractivity contribution is -0.139. The molecule has 0 fully saturated rings. The van der Waals surface area contributed by atoms with Gasteiger partial charge in [-0.15, -0.1) is 0 Å². The van der Waals surface area contributed by atoms with Crippen molar-refractivity contribution in [1.29, 1.82) is 0 Å². The van der Waals surface area contributed by atoms with Crippen LogP contribution in [0.1, 0.15) is 24.9 Å². The van der Waals surface area contributed by atoms with Gasteiger partial charge >= 0.3 is 5.97 Å². The molecule has 1 rings (SSSR count). The first-order valence-electron chi connectivity index (χ1n) is 6.38. The maximum Gasteiger partial charge on any atom is 0.325 e. The number of benzene rings is 1. The molecule has 0 saturated heterocycles. The summed E-state index contributed by atoms with van der Waals surface area (Å²) < 4.78 is 5.48. The van der Waals surface area contributed by atoms with Crippen molar-refractivity contribution < 1.29 is 14.6 Å². The SMILES string of the molecule is CCCOc1cccc(C(NCCN=[N+]=[N-])C(=O)O)c1. The van der Waals surface area contributed by atoms with Crippen molar-refractivity contribution in [3.05, 3.63) is 40.3 Å². The van der Waals surface area contributed by atoms with E-state index in [1.165, 1.54) is 0 Å². The van der Waals surface area contributed by atoms with Crippen LogP contribution in [0.25, 0.3) is 10.4 Å². The zero-order chi connectivity index (χ0) is 14.8. The van der Waals surface area contributed by atoms with Gasteiger partial charge in [-0.25, -0.2) is 0 Å². The van der Waals surface area contributed by atoms with E-state index in [1.807, 2.05) is 6.92 Å². The number of azide groups is 1. The number of carboxylic acid groups (broad SMARTS) is 1. The predicted molar refractivity (Wildman–Crippen MR) is 74.6 cm³/mol. The summed E-state index contributed by atoms with van der Waals surface area (Å²) in [6, 6.07) is 6.12. The number of hydrogen-bond donors (Lipinski definition) is 2. The van der Waals surface area contributed by atoms with Gasteiger partial charge in [-0.3, -0.25) is 4.79 Å². The second-order valence-corrected chi connectivity index (χ2v) is 4.10. The lowest BCUT2D eigenvalue weighted by Gasteiger charge is -2.15. The Morgan fingerprint density at radius 3 is 3.05 bits per heavy atom. The van der Waals surface area contributed by atoms with Crippen LogP contribution in [0.5, 0.6) is 5.75 Å². The van der Waals surface area contributed by atoms with Crippen LogP contribution in [0.2, 0.25) is 0 Å². The van der Waals surface area contributed by atoms with Crippen molar-refractivity contribution in [2.24, 2.45) is 5.11 Å². The first kappa shape index (κ1) is 15.8.